The Labute approximate surface area is 204 Å². The number of halogens is 1. The van der Waals surface area contributed by atoms with Crippen LogP contribution in [-0.4, -0.2) is 63.6 Å². The lowest BCUT2D eigenvalue weighted by Gasteiger charge is -2.38. The number of hydrogen-bond acceptors (Lipinski definition) is 5. The molecule has 3 N–H and O–H groups in total. The Kier molecular flexibility index (Phi) is 6.12. The van der Waals surface area contributed by atoms with Crippen molar-refractivity contribution in [2.45, 2.75) is 12.1 Å². The van der Waals surface area contributed by atoms with Gasteiger partial charge in [-0.05, 0) is 53.6 Å². The van der Waals surface area contributed by atoms with Crippen LogP contribution in [0.3, 0.4) is 0 Å². The zero-order valence-corrected chi connectivity index (χ0v) is 20.0. The Morgan fingerprint density at radius 2 is 2.00 bits per heavy atom. The first kappa shape index (κ1) is 22.6. The Morgan fingerprint density at radius 1 is 1.21 bits per heavy atom. The van der Waals surface area contributed by atoms with E-state index in [4.69, 9.17) is 22.3 Å². The van der Waals surface area contributed by atoms with E-state index in [1.807, 2.05) is 36.0 Å². The Bertz CT molecular complexity index is 1250. The molecule has 34 heavy (non-hydrogen) atoms. The summed E-state index contributed by atoms with van der Waals surface area (Å²) in [5, 5.41) is 3.57. The van der Waals surface area contributed by atoms with Gasteiger partial charge in [0.25, 0.3) is 0 Å². The maximum atomic E-state index is 12.1. The van der Waals surface area contributed by atoms with Gasteiger partial charge >= 0.3 is 6.03 Å². The number of nitrogens with zero attached hydrogens (tertiary/aromatic N) is 5. The summed E-state index contributed by atoms with van der Waals surface area (Å²) in [7, 11) is 4.05. The van der Waals surface area contributed by atoms with Crippen LogP contribution in [0, 0.1) is 0 Å². The molecule has 2 aromatic heterocycles. The largest absolute Gasteiger partial charge is 0.352 e. The molecule has 5 rings (SSSR count). The van der Waals surface area contributed by atoms with E-state index in [2.05, 4.69) is 45.4 Å². The number of carbonyl (C=O) groups excluding carboxylic acids is 1. The summed E-state index contributed by atoms with van der Waals surface area (Å²) in [6, 6.07) is 8.85. The van der Waals surface area contributed by atoms with Crippen molar-refractivity contribution in [3.05, 3.63) is 82.2 Å². The number of rotatable bonds is 4. The van der Waals surface area contributed by atoms with Crippen molar-refractivity contribution in [3.8, 4) is 0 Å². The SMILES string of the molecule is CN1CCN([C@H]2c3ccc(Cl)cc3C(C(NC(N)=O)c3cncn3C)=Cc3cccnc32)CC1. The summed E-state index contributed by atoms with van der Waals surface area (Å²) in [4.78, 5) is 26.1. The first-order chi connectivity index (χ1) is 16.4. The number of primary amides is 1. The second-order valence-electron chi connectivity index (χ2n) is 8.92. The van der Waals surface area contributed by atoms with E-state index in [1.165, 1.54) is 0 Å². The highest BCUT2D eigenvalue weighted by molar-refractivity contribution is 6.30. The molecule has 0 saturated carbocycles. The van der Waals surface area contributed by atoms with Crippen molar-refractivity contribution in [2.24, 2.45) is 12.8 Å². The molecule has 1 aliphatic heterocycles. The number of amides is 2. The summed E-state index contributed by atoms with van der Waals surface area (Å²) < 4.78 is 1.89. The van der Waals surface area contributed by atoms with Gasteiger partial charge in [0.2, 0.25) is 0 Å². The summed E-state index contributed by atoms with van der Waals surface area (Å²) >= 11 is 6.53. The van der Waals surface area contributed by atoms with Gasteiger partial charge in [-0.2, -0.15) is 0 Å². The fraction of sp³-hybridized carbons (Fsp3) is 0.320. The molecule has 8 nitrogen and oxygen atoms in total. The van der Waals surface area contributed by atoms with Crippen LogP contribution in [0.15, 0.2) is 49.1 Å². The molecule has 2 amide bonds. The maximum Gasteiger partial charge on any atom is 0.312 e. The molecule has 9 heteroatoms. The fourth-order valence-electron chi connectivity index (χ4n) is 4.98. The number of urea groups is 1. The van der Waals surface area contributed by atoms with Gasteiger partial charge in [-0.25, -0.2) is 9.78 Å². The zero-order valence-electron chi connectivity index (χ0n) is 19.3. The number of benzene rings is 1. The molecule has 1 aliphatic carbocycles. The van der Waals surface area contributed by atoms with E-state index in [0.29, 0.717) is 5.02 Å². The lowest BCUT2D eigenvalue weighted by Crippen LogP contribution is -2.46. The molecule has 176 valence electrons. The molecular weight excluding hydrogens is 450 g/mol. The van der Waals surface area contributed by atoms with Gasteiger partial charge in [-0.1, -0.05) is 23.7 Å². The number of aromatic nitrogens is 3. The highest BCUT2D eigenvalue weighted by Crippen LogP contribution is 2.44. The van der Waals surface area contributed by atoms with Crippen LogP contribution in [-0.2, 0) is 7.05 Å². The van der Waals surface area contributed by atoms with Crippen LogP contribution >= 0.6 is 11.6 Å². The standard InChI is InChI=1S/C25H28ClN7O/c1-31-8-10-33(11-9-31)24-18-6-5-17(26)13-19(18)20(12-16-4-3-7-29-22(16)24)23(30-25(27)34)21-14-28-15-32(21)2/h3-7,12-15,23-24H,8-11H2,1-2H3,(H3,27,30,34)/t23?,24-/m0/s1. The van der Waals surface area contributed by atoms with Crippen LogP contribution in [0.4, 0.5) is 4.79 Å². The lowest BCUT2D eigenvalue weighted by molar-refractivity contribution is 0.125. The van der Waals surface area contributed by atoms with Gasteiger partial charge in [0.15, 0.2) is 0 Å². The van der Waals surface area contributed by atoms with Gasteiger partial charge in [-0.3, -0.25) is 9.88 Å². The second kappa shape index (κ2) is 9.21. The van der Waals surface area contributed by atoms with Crippen molar-refractivity contribution in [1.29, 1.82) is 0 Å². The minimum atomic E-state index is -0.609. The lowest BCUT2D eigenvalue weighted by atomic mass is 9.90. The Hall–Kier alpha value is -3.20. The van der Waals surface area contributed by atoms with Gasteiger partial charge in [0.05, 0.1) is 36.0 Å². The van der Waals surface area contributed by atoms with Crippen LogP contribution in [0.2, 0.25) is 5.02 Å². The third kappa shape index (κ3) is 4.20. The predicted molar refractivity (Wildman–Crippen MR) is 133 cm³/mol. The highest BCUT2D eigenvalue weighted by Gasteiger charge is 2.35. The van der Waals surface area contributed by atoms with Crippen molar-refractivity contribution in [2.75, 3.05) is 33.2 Å². The zero-order chi connectivity index (χ0) is 23.8. The Morgan fingerprint density at radius 3 is 2.71 bits per heavy atom. The number of nitrogens with one attached hydrogen (secondary N) is 1. The number of nitrogens with two attached hydrogens (primary N) is 1. The molecule has 1 aromatic carbocycles. The van der Waals surface area contributed by atoms with Crippen molar-refractivity contribution >= 4 is 29.3 Å². The molecule has 0 radical (unpaired) electrons. The minimum Gasteiger partial charge on any atom is -0.352 e. The van der Waals surface area contributed by atoms with E-state index >= 15 is 0 Å². The quantitative estimate of drug-likeness (QED) is 0.602. The number of fused-ring (bicyclic) bond motifs is 2. The maximum absolute atomic E-state index is 12.1. The van der Waals surface area contributed by atoms with Crippen LogP contribution in [0.5, 0.6) is 0 Å². The molecule has 3 heterocycles. The average Bonchev–Trinajstić information content (AvgIpc) is 3.18. The number of pyridine rings is 1. The second-order valence-corrected chi connectivity index (χ2v) is 9.36. The smallest absolute Gasteiger partial charge is 0.312 e. The van der Waals surface area contributed by atoms with E-state index in [9.17, 15) is 4.79 Å². The van der Waals surface area contributed by atoms with Crippen LogP contribution < -0.4 is 11.1 Å². The highest BCUT2D eigenvalue weighted by atomic mass is 35.5. The number of hydrogen-bond donors (Lipinski definition) is 2. The minimum absolute atomic E-state index is 0.0355. The molecule has 1 unspecified atom stereocenters. The van der Waals surface area contributed by atoms with Crippen molar-refractivity contribution < 1.29 is 4.79 Å². The third-order valence-corrected chi connectivity index (χ3v) is 6.95. The Balaban J connectivity index is 1.74. The van der Waals surface area contributed by atoms with Gasteiger partial charge in [-0.15, -0.1) is 0 Å². The first-order valence-corrected chi connectivity index (χ1v) is 11.7. The van der Waals surface area contributed by atoms with E-state index in [1.54, 1.807) is 12.5 Å². The summed E-state index contributed by atoms with van der Waals surface area (Å²) in [5.74, 6) is 0. The number of piperazine rings is 1. The van der Waals surface area contributed by atoms with Crippen molar-refractivity contribution in [3.63, 3.8) is 0 Å². The van der Waals surface area contributed by atoms with Crippen LogP contribution in [0.1, 0.15) is 40.2 Å². The molecule has 2 aliphatic rings. The predicted octanol–water partition coefficient (Wildman–Crippen LogP) is 3.07. The molecular formula is C25H28ClN7O. The molecule has 1 saturated heterocycles. The first-order valence-electron chi connectivity index (χ1n) is 11.3. The van der Waals surface area contributed by atoms with Crippen LogP contribution in [0.25, 0.3) is 11.6 Å². The molecule has 1 fully saturated rings. The van der Waals surface area contributed by atoms with Gasteiger partial charge < -0.3 is 20.5 Å². The third-order valence-electron chi connectivity index (χ3n) is 6.71. The van der Waals surface area contributed by atoms with Crippen molar-refractivity contribution in [1.82, 2.24) is 29.7 Å². The fourth-order valence-corrected chi connectivity index (χ4v) is 5.15. The summed E-state index contributed by atoms with van der Waals surface area (Å²) in [6.07, 6.45) is 7.40. The summed E-state index contributed by atoms with van der Waals surface area (Å²) in [6.45, 7) is 3.84. The number of imidazole rings is 1. The van der Waals surface area contributed by atoms with Gasteiger partial charge in [0.1, 0.15) is 0 Å². The average molecular weight is 478 g/mol. The van der Waals surface area contributed by atoms with E-state index in [-0.39, 0.29) is 6.04 Å². The molecule has 0 spiro atoms. The monoisotopic (exact) mass is 477 g/mol. The molecule has 2 atom stereocenters. The normalized spacial score (nSPS) is 19.5. The van der Waals surface area contributed by atoms with Gasteiger partial charge in [0, 0.05) is 44.4 Å². The number of likely N-dealkylation sites (N-methyl/N-ethyl adjacent to an activating group) is 1. The molecule has 0 bridgehead atoms. The topological polar surface area (TPSA) is 92.3 Å². The van der Waals surface area contributed by atoms with E-state index in [0.717, 1.165) is 59.8 Å². The number of carbonyl (C=O) groups is 1. The van der Waals surface area contributed by atoms with E-state index < -0.39 is 12.1 Å². The number of aryl methyl sites for hydroxylation is 1. The molecule has 3 aromatic rings. The summed E-state index contributed by atoms with van der Waals surface area (Å²) in [5.41, 5.74) is 11.4.